The third-order valence-electron chi connectivity index (χ3n) is 2.96. The van der Waals surface area contributed by atoms with Crippen molar-refractivity contribution in [3.8, 4) is 11.4 Å². The lowest BCUT2D eigenvalue weighted by Gasteiger charge is -2.07. The van der Waals surface area contributed by atoms with Crippen molar-refractivity contribution >= 4 is 0 Å². The van der Waals surface area contributed by atoms with E-state index in [1.165, 1.54) is 12.1 Å². The van der Waals surface area contributed by atoms with Gasteiger partial charge in [0.2, 0.25) is 11.7 Å². The van der Waals surface area contributed by atoms with E-state index in [2.05, 4.69) is 15.5 Å². The first kappa shape index (κ1) is 15.5. The SMILES string of the molecule is CCCNC(C)c1nc(-c2cccc(C(F)(F)F)c2)no1. The molecule has 0 saturated carbocycles. The Morgan fingerprint density at radius 1 is 1.33 bits per heavy atom. The summed E-state index contributed by atoms with van der Waals surface area (Å²) in [5, 5.41) is 6.92. The fourth-order valence-electron chi connectivity index (χ4n) is 1.81. The minimum absolute atomic E-state index is 0.142. The van der Waals surface area contributed by atoms with Crippen LogP contribution < -0.4 is 5.32 Å². The molecule has 1 unspecified atom stereocenters. The van der Waals surface area contributed by atoms with E-state index >= 15 is 0 Å². The molecule has 0 bridgehead atoms. The van der Waals surface area contributed by atoms with Crippen LogP contribution in [-0.2, 0) is 6.18 Å². The fraction of sp³-hybridized carbons (Fsp3) is 0.429. The Kier molecular flexibility index (Phi) is 4.62. The molecule has 21 heavy (non-hydrogen) atoms. The van der Waals surface area contributed by atoms with Crippen LogP contribution in [0.4, 0.5) is 13.2 Å². The highest BCUT2D eigenvalue weighted by Crippen LogP contribution is 2.31. The van der Waals surface area contributed by atoms with Gasteiger partial charge in [0.15, 0.2) is 0 Å². The molecule has 1 heterocycles. The van der Waals surface area contributed by atoms with Gasteiger partial charge in [0.25, 0.3) is 0 Å². The molecule has 7 heteroatoms. The van der Waals surface area contributed by atoms with E-state index in [4.69, 9.17) is 4.52 Å². The molecule has 2 aromatic rings. The van der Waals surface area contributed by atoms with Gasteiger partial charge < -0.3 is 9.84 Å². The van der Waals surface area contributed by atoms with Crippen LogP contribution in [0.2, 0.25) is 0 Å². The van der Waals surface area contributed by atoms with Crippen LogP contribution in [0.15, 0.2) is 28.8 Å². The predicted molar refractivity (Wildman–Crippen MR) is 71.4 cm³/mol. The molecule has 0 aliphatic carbocycles. The Hall–Kier alpha value is -1.89. The molecule has 1 aromatic heterocycles. The Morgan fingerprint density at radius 2 is 2.10 bits per heavy atom. The molecule has 4 nitrogen and oxygen atoms in total. The first-order valence-electron chi connectivity index (χ1n) is 6.66. The number of benzene rings is 1. The summed E-state index contributed by atoms with van der Waals surface area (Å²) in [6.07, 6.45) is -3.43. The van der Waals surface area contributed by atoms with Crippen molar-refractivity contribution in [1.29, 1.82) is 0 Å². The van der Waals surface area contributed by atoms with Crippen LogP contribution in [-0.4, -0.2) is 16.7 Å². The Labute approximate surface area is 120 Å². The highest BCUT2D eigenvalue weighted by atomic mass is 19.4. The first-order chi connectivity index (χ1) is 9.91. The third kappa shape index (κ3) is 3.81. The van der Waals surface area contributed by atoms with Crippen LogP contribution in [0.3, 0.4) is 0 Å². The average molecular weight is 299 g/mol. The van der Waals surface area contributed by atoms with E-state index in [0.717, 1.165) is 25.1 Å². The van der Waals surface area contributed by atoms with Crippen molar-refractivity contribution in [3.05, 3.63) is 35.7 Å². The maximum atomic E-state index is 12.7. The number of hydrogen-bond donors (Lipinski definition) is 1. The zero-order valence-electron chi connectivity index (χ0n) is 11.7. The molecule has 0 amide bonds. The summed E-state index contributed by atoms with van der Waals surface area (Å²) in [5.41, 5.74) is -0.453. The summed E-state index contributed by atoms with van der Waals surface area (Å²) in [5.74, 6) is 0.511. The average Bonchev–Trinajstić information content (AvgIpc) is 2.94. The molecule has 2 rings (SSSR count). The molecule has 0 aliphatic heterocycles. The predicted octanol–water partition coefficient (Wildman–Crippen LogP) is 3.82. The molecule has 1 aromatic carbocycles. The van der Waals surface area contributed by atoms with Gasteiger partial charge in [0, 0.05) is 5.56 Å². The van der Waals surface area contributed by atoms with Crippen molar-refractivity contribution in [3.63, 3.8) is 0 Å². The topological polar surface area (TPSA) is 51.0 Å². The normalized spacial score (nSPS) is 13.4. The lowest BCUT2D eigenvalue weighted by atomic mass is 10.1. The molecular weight excluding hydrogens is 283 g/mol. The minimum atomic E-state index is -4.39. The number of aromatic nitrogens is 2. The van der Waals surface area contributed by atoms with Crippen molar-refractivity contribution in [2.75, 3.05) is 6.54 Å². The zero-order chi connectivity index (χ0) is 15.5. The van der Waals surface area contributed by atoms with Crippen LogP contribution in [0.1, 0.15) is 37.8 Å². The Bertz CT molecular complexity index is 595. The second kappa shape index (κ2) is 6.26. The van der Waals surface area contributed by atoms with Crippen LogP contribution >= 0.6 is 0 Å². The summed E-state index contributed by atoms with van der Waals surface area (Å²) >= 11 is 0. The lowest BCUT2D eigenvalue weighted by Crippen LogP contribution is -2.19. The maximum Gasteiger partial charge on any atom is 0.416 e. The fourth-order valence-corrected chi connectivity index (χ4v) is 1.81. The zero-order valence-corrected chi connectivity index (χ0v) is 11.7. The summed E-state index contributed by atoms with van der Waals surface area (Å²) in [6, 6.07) is 4.73. The van der Waals surface area contributed by atoms with Gasteiger partial charge >= 0.3 is 6.18 Å². The number of alkyl halides is 3. The van der Waals surface area contributed by atoms with E-state index < -0.39 is 11.7 Å². The van der Waals surface area contributed by atoms with Crippen LogP contribution in [0, 0.1) is 0 Å². The van der Waals surface area contributed by atoms with E-state index in [1.807, 2.05) is 13.8 Å². The second-order valence-corrected chi connectivity index (χ2v) is 4.71. The van der Waals surface area contributed by atoms with Gasteiger partial charge in [0.05, 0.1) is 11.6 Å². The highest BCUT2D eigenvalue weighted by Gasteiger charge is 2.30. The number of nitrogens with zero attached hydrogens (tertiary/aromatic N) is 2. The minimum Gasteiger partial charge on any atom is -0.337 e. The smallest absolute Gasteiger partial charge is 0.337 e. The number of nitrogens with one attached hydrogen (secondary N) is 1. The molecule has 0 fully saturated rings. The summed E-state index contributed by atoms with van der Waals surface area (Å²) < 4.78 is 43.1. The van der Waals surface area contributed by atoms with Crippen molar-refractivity contribution in [2.45, 2.75) is 32.5 Å². The summed E-state index contributed by atoms with van der Waals surface area (Å²) in [7, 11) is 0. The molecule has 1 atom stereocenters. The second-order valence-electron chi connectivity index (χ2n) is 4.71. The number of hydrogen-bond acceptors (Lipinski definition) is 4. The molecule has 114 valence electrons. The van der Waals surface area contributed by atoms with Crippen molar-refractivity contribution in [2.24, 2.45) is 0 Å². The van der Waals surface area contributed by atoms with Crippen molar-refractivity contribution < 1.29 is 17.7 Å². The molecule has 0 aliphatic rings. The number of rotatable bonds is 5. The first-order valence-corrected chi connectivity index (χ1v) is 6.66. The molecule has 0 radical (unpaired) electrons. The van der Waals surface area contributed by atoms with E-state index in [0.29, 0.717) is 5.89 Å². The van der Waals surface area contributed by atoms with E-state index in [9.17, 15) is 13.2 Å². The van der Waals surface area contributed by atoms with Gasteiger partial charge in [-0.1, -0.05) is 24.2 Å². The van der Waals surface area contributed by atoms with Crippen LogP contribution in [0.25, 0.3) is 11.4 Å². The summed E-state index contributed by atoms with van der Waals surface area (Å²) in [4.78, 5) is 4.15. The highest BCUT2D eigenvalue weighted by molar-refractivity contribution is 5.55. The van der Waals surface area contributed by atoms with Crippen molar-refractivity contribution in [1.82, 2.24) is 15.5 Å². The van der Waals surface area contributed by atoms with Gasteiger partial charge in [0.1, 0.15) is 0 Å². The van der Waals surface area contributed by atoms with Crippen LogP contribution in [0.5, 0.6) is 0 Å². The van der Waals surface area contributed by atoms with Gasteiger partial charge in [-0.2, -0.15) is 18.2 Å². The monoisotopic (exact) mass is 299 g/mol. The van der Waals surface area contributed by atoms with E-state index in [1.54, 1.807) is 0 Å². The largest absolute Gasteiger partial charge is 0.416 e. The number of halogens is 3. The Morgan fingerprint density at radius 3 is 2.76 bits per heavy atom. The standard InChI is InChI=1S/C14H16F3N3O/c1-3-7-18-9(2)13-19-12(20-21-13)10-5-4-6-11(8-10)14(15,16)17/h4-6,8-9,18H,3,7H2,1-2H3. The maximum absolute atomic E-state index is 12.7. The third-order valence-corrected chi connectivity index (χ3v) is 2.96. The lowest BCUT2D eigenvalue weighted by molar-refractivity contribution is -0.137. The molecule has 0 spiro atoms. The van der Waals surface area contributed by atoms with Gasteiger partial charge in [-0.3, -0.25) is 0 Å². The van der Waals surface area contributed by atoms with Gasteiger partial charge in [-0.15, -0.1) is 0 Å². The molecular formula is C14H16F3N3O. The summed E-state index contributed by atoms with van der Waals surface area (Å²) in [6.45, 7) is 4.68. The van der Waals surface area contributed by atoms with Gasteiger partial charge in [-0.05, 0) is 32.0 Å². The molecule has 1 N–H and O–H groups in total. The Balaban J connectivity index is 2.22. The van der Waals surface area contributed by atoms with Gasteiger partial charge in [-0.25, -0.2) is 0 Å². The van der Waals surface area contributed by atoms with E-state index in [-0.39, 0.29) is 17.4 Å². The molecule has 0 saturated heterocycles. The quantitative estimate of drug-likeness (QED) is 0.912.